The lowest BCUT2D eigenvalue weighted by Gasteiger charge is -2.17. The van der Waals surface area contributed by atoms with Crippen LogP contribution in [0.5, 0.6) is 0 Å². The van der Waals surface area contributed by atoms with Crippen molar-refractivity contribution >= 4 is 53.7 Å². The van der Waals surface area contributed by atoms with Gasteiger partial charge in [0.05, 0.1) is 20.9 Å². The van der Waals surface area contributed by atoms with Crippen molar-refractivity contribution in [2.24, 2.45) is 0 Å². The van der Waals surface area contributed by atoms with Gasteiger partial charge in [-0.05, 0) is 45.6 Å². The Kier molecular flexibility index (Phi) is 2.89. The number of halogens is 1. The molecule has 4 rings (SSSR count). The number of nitrogens with zero attached hydrogens (tertiary/aromatic N) is 1. The second-order valence-electron chi connectivity index (χ2n) is 4.85. The average molecular weight is 380 g/mol. The molecule has 0 fully saturated rings. The first-order valence-electron chi connectivity index (χ1n) is 6.36. The van der Waals surface area contributed by atoms with Crippen LogP contribution in [0.4, 0.5) is 5.69 Å². The Bertz CT molecular complexity index is 957. The Hall–Kier alpha value is -1.37. The Labute approximate surface area is 135 Å². The van der Waals surface area contributed by atoms with Crippen molar-refractivity contribution in [2.45, 2.75) is 11.4 Å². The molecular formula is C15H10BrNO2S2. The molecule has 2 heterocycles. The van der Waals surface area contributed by atoms with Gasteiger partial charge in [-0.25, -0.2) is 8.42 Å². The van der Waals surface area contributed by atoms with E-state index in [0.717, 1.165) is 25.1 Å². The zero-order valence-electron chi connectivity index (χ0n) is 10.8. The lowest BCUT2D eigenvalue weighted by Crippen LogP contribution is -2.26. The highest BCUT2D eigenvalue weighted by Gasteiger charge is 2.35. The van der Waals surface area contributed by atoms with Gasteiger partial charge in [0.1, 0.15) is 0 Å². The Morgan fingerprint density at radius 1 is 1.05 bits per heavy atom. The maximum atomic E-state index is 12.8. The molecule has 106 valence electrons. The third-order valence-electron chi connectivity index (χ3n) is 3.61. The first-order chi connectivity index (χ1) is 10.1. The van der Waals surface area contributed by atoms with Crippen LogP contribution in [0.15, 0.2) is 57.2 Å². The summed E-state index contributed by atoms with van der Waals surface area (Å²) in [6, 6.07) is 15.0. The van der Waals surface area contributed by atoms with Crippen molar-refractivity contribution in [1.29, 1.82) is 0 Å². The van der Waals surface area contributed by atoms with Gasteiger partial charge in [-0.3, -0.25) is 4.31 Å². The fourth-order valence-electron chi connectivity index (χ4n) is 2.71. The zero-order chi connectivity index (χ0) is 14.6. The van der Waals surface area contributed by atoms with Crippen LogP contribution >= 0.6 is 27.3 Å². The first-order valence-corrected chi connectivity index (χ1v) is 9.41. The number of sulfonamides is 1. The van der Waals surface area contributed by atoms with Crippen molar-refractivity contribution < 1.29 is 8.42 Å². The molecule has 6 heteroatoms. The number of thiophene rings is 1. The van der Waals surface area contributed by atoms with Crippen molar-refractivity contribution in [2.75, 3.05) is 4.31 Å². The van der Waals surface area contributed by atoms with Gasteiger partial charge in [-0.15, -0.1) is 11.3 Å². The van der Waals surface area contributed by atoms with Gasteiger partial charge in [-0.1, -0.05) is 24.3 Å². The van der Waals surface area contributed by atoms with Crippen molar-refractivity contribution in [3.8, 4) is 0 Å². The standard InChI is InChI=1S/C15H10BrNO2S2/c16-14-8-7-11(20-14)9-17-12-5-1-3-10-4-2-6-13(15(10)12)21(17,18)19/h1-8H,9H2. The third-order valence-corrected chi connectivity index (χ3v) is 7.02. The number of hydrogen-bond donors (Lipinski definition) is 0. The summed E-state index contributed by atoms with van der Waals surface area (Å²) in [6.07, 6.45) is 0. The van der Waals surface area contributed by atoms with E-state index in [0.29, 0.717) is 11.4 Å². The Balaban J connectivity index is 1.92. The second kappa shape index (κ2) is 4.56. The van der Waals surface area contributed by atoms with Gasteiger partial charge in [0.25, 0.3) is 10.0 Å². The molecule has 0 atom stereocenters. The van der Waals surface area contributed by atoms with E-state index in [1.54, 1.807) is 23.5 Å². The van der Waals surface area contributed by atoms with E-state index in [1.165, 1.54) is 4.31 Å². The summed E-state index contributed by atoms with van der Waals surface area (Å²) in [6.45, 7) is 0.367. The predicted octanol–water partition coefficient (Wildman–Crippen LogP) is 4.37. The highest BCUT2D eigenvalue weighted by molar-refractivity contribution is 9.11. The number of hydrogen-bond acceptors (Lipinski definition) is 3. The summed E-state index contributed by atoms with van der Waals surface area (Å²) in [5, 5.41) is 1.79. The van der Waals surface area contributed by atoms with Crippen molar-refractivity contribution in [3.63, 3.8) is 0 Å². The molecule has 1 aliphatic heterocycles. The van der Waals surface area contributed by atoms with E-state index in [9.17, 15) is 8.42 Å². The van der Waals surface area contributed by atoms with Gasteiger partial charge < -0.3 is 0 Å². The number of benzene rings is 2. The molecule has 0 spiro atoms. The van der Waals surface area contributed by atoms with Crippen LogP contribution in [0.1, 0.15) is 4.88 Å². The molecule has 3 nitrogen and oxygen atoms in total. The maximum absolute atomic E-state index is 12.8. The quantitative estimate of drug-likeness (QED) is 0.662. The third kappa shape index (κ3) is 1.93. The van der Waals surface area contributed by atoms with Crippen LogP contribution in [-0.2, 0) is 16.6 Å². The molecule has 0 amide bonds. The summed E-state index contributed by atoms with van der Waals surface area (Å²) in [5.41, 5.74) is 0.771. The minimum absolute atomic E-state index is 0.367. The minimum atomic E-state index is -3.46. The molecule has 3 aromatic rings. The topological polar surface area (TPSA) is 37.4 Å². The van der Waals surface area contributed by atoms with E-state index < -0.39 is 10.0 Å². The van der Waals surface area contributed by atoms with E-state index in [4.69, 9.17) is 0 Å². The largest absolute Gasteiger partial charge is 0.265 e. The summed E-state index contributed by atoms with van der Waals surface area (Å²) in [7, 11) is -3.46. The predicted molar refractivity (Wildman–Crippen MR) is 89.3 cm³/mol. The molecule has 0 unspecified atom stereocenters. The lowest BCUT2D eigenvalue weighted by atomic mass is 10.1. The van der Waals surface area contributed by atoms with E-state index in [2.05, 4.69) is 15.9 Å². The molecule has 0 saturated heterocycles. The highest BCUT2D eigenvalue weighted by atomic mass is 79.9. The molecule has 2 aromatic carbocycles. The molecule has 0 radical (unpaired) electrons. The van der Waals surface area contributed by atoms with Gasteiger partial charge in [0.15, 0.2) is 0 Å². The van der Waals surface area contributed by atoms with Crippen LogP contribution in [0.2, 0.25) is 0 Å². The van der Waals surface area contributed by atoms with Crippen LogP contribution in [0.25, 0.3) is 10.8 Å². The molecular weight excluding hydrogens is 370 g/mol. The van der Waals surface area contributed by atoms with Gasteiger partial charge in [0.2, 0.25) is 0 Å². The summed E-state index contributed by atoms with van der Waals surface area (Å²) < 4.78 is 28.1. The number of rotatable bonds is 2. The first kappa shape index (κ1) is 13.3. The average Bonchev–Trinajstić information content (AvgIpc) is 2.96. The van der Waals surface area contributed by atoms with Crippen LogP contribution in [0, 0.1) is 0 Å². The van der Waals surface area contributed by atoms with Crippen molar-refractivity contribution in [1.82, 2.24) is 0 Å². The summed E-state index contributed by atoms with van der Waals surface area (Å²) in [4.78, 5) is 1.42. The summed E-state index contributed by atoms with van der Waals surface area (Å²) >= 11 is 4.97. The van der Waals surface area contributed by atoms with E-state index in [1.807, 2.05) is 36.4 Å². The molecule has 21 heavy (non-hydrogen) atoms. The molecule has 0 saturated carbocycles. The Morgan fingerprint density at radius 2 is 1.81 bits per heavy atom. The van der Waals surface area contributed by atoms with E-state index >= 15 is 0 Å². The number of anilines is 1. The fourth-order valence-corrected chi connectivity index (χ4v) is 5.95. The van der Waals surface area contributed by atoms with Gasteiger partial charge in [-0.2, -0.15) is 0 Å². The molecule has 1 aliphatic rings. The lowest BCUT2D eigenvalue weighted by molar-refractivity contribution is 0.593. The fraction of sp³-hybridized carbons (Fsp3) is 0.0667. The highest BCUT2D eigenvalue weighted by Crippen LogP contribution is 2.43. The normalized spacial score (nSPS) is 15.8. The summed E-state index contributed by atoms with van der Waals surface area (Å²) in [5.74, 6) is 0. The minimum Gasteiger partial charge on any atom is -0.260 e. The molecule has 0 N–H and O–H groups in total. The van der Waals surface area contributed by atoms with Gasteiger partial charge >= 0.3 is 0 Å². The van der Waals surface area contributed by atoms with Crippen LogP contribution < -0.4 is 4.31 Å². The zero-order valence-corrected chi connectivity index (χ0v) is 14.0. The molecule has 0 aliphatic carbocycles. The monoisotopic (exact) mass is 379 g/mol. The van der Waals surface area contributed by atoms with Crippen LogP contribution in [0.3, 0.4) is 0 Å². The SMILES string of the molecule is O=S1(=O)c2cccc3cccc(c23)N1Cc1ccc(Br)s1. The Morgan fingerprint density at radius 3 is 2.52 bits per heavy atom. The van der Waals surface area contributed by atoms with Crippen molar-refractivity contribution in [3.05, 3.63) is 57.2 Å². The smallest absolute Gasteiger partial charge is 0.260 e. The molecule has 0 bridgehead atoms. The molecule has 1 aromatic heterocycles. The maximum Gasteiger partial charge on any atom is 0.265 e. The van der Waals surface area contributed by atoms with E-state index in [-0.39, 0.29) is 0 Å². The van der Waals surface area contributed by atoms with Gasteiger partial charge in [0, 0.05) is 10.3 Å². The second-order valence-corrected chi connectivity index (χ2v) is 9.23. The van der Waals surface area contributed by atoms with Crippen LogP contribution in [-0.4, -0.2) is 8.42 Å².